The van der Waals surface area contributed by atoms with Crippen molar-refractivity contribution >= 4 is 11.8 Å². The zero-order valence-corrected chi connectivity index (χ0v) is 14.2. The number of nitrogens with zero attached hydrogens (tertiary/aromatic N) is 2. The number of hydrogen-bond acceptors (Lipinski definition) is 5. The predicted molar refractivity (Wildman–Crippen MR) is 89.2 cm³/mol. The van der Waals surface area contributed by atoms with Crippen LogP contribution in [0.25, 0.3) is 0 Å². The third-order valence-corrected chi connectivity index (χ3v) is 4.42. The molecule has 1 aliphatic rings. The molecule has 1 saturated heterocycles. The summed E-state index contributed by atoms with van der Waals surface area (Å²) in [5.74, 6) is -0.0653. The van der Waals surface area contributed by atoms with Gasteiger partial charge in [0.05, 0.1) is 30.2 Å². The monoisotopic (exact) mass is 346 g/mol. The zero-order valence-electron chi connectivity index (χ0n) is 14.2. The standard InChI is InChI=1S/C17H22N4O4/c1-10(2)14-3-4-25-15(14)16(23)18-8-12-5-13(22)9-21(12)17(24)11-6-19-20-7-11/h3-4,6-7,10,12-13,22H,5,8-9H2,1-2H3,(H,18,23)(H,19,20)/t12-,13+/m0/s1. The van der Waals surface area contributed by atoms with Crippen LogP contribution >= 0.6 is 0 Å². The third kappa shape index (κ3) is 3.58. The predicted octanol–water partition coefficient (Wildman–Crippen LogP) is 1.13. The van der Waals surface area contributed by atoms with E-state index in [0.29, 0.717) is 17.7 Å². The lowest BCUT2D eigenvalue weighted by Crippen LogP contribution is -2.43. The molecule has 2 aromatic rings. The Morgan fingerprint density at radius 1 is 1.52 bits per heavy atom. The molecule has 1 aliphatic heterocycles. The SMILES string of the molecule is CC(C)c1ccoc1C(=O)NC[C@@H]1C[C@@H](O)CN1C(=O)c1cn[nH]c1. The van der Waals surface area contributed by atoms with Crippen molar-refractivity contribution in [3.8, 4) is 0 Å². The highest BCUT2D eigenvalue weighted by molar-refractivity contribution is 5.95. The molecule has 3 rings (SSSR count). The Balaban J connectivity index is 1.65. The Bertz CT molecular complexity index is 738. The number of H-pyrrole nitrogens is 1. The lowest BCUT2D eigenvalue weighted by atomic mass is 10.0. The van der Waals surface area contributed by atoms with Crippen LogP contribution in [0, 0.1) is 0 Å². The molecule has 0 unspecified atom stereocenters. The Labute approximate surface area is 145 Å². The maximum absolute atomic E-state index is 12.5. The molecule has 25 heavy (non-hydrogen) atoms. The Hall–Kier alpha value is -2.61. The minimum Gasteiger partial charge on any atom is -0.459 e. The van der Waals surface area contributed by atoms with Crippen molar-refractivity contribution in [2.75, 3.05) is 13.1 Å². The van der Waals surface area contributed by atoms with Gasteiger partial charge < -0.3 is 19.7 Å². The van der Waals surface area contributed by atoms with E-state index in [-0.39, 0.29) is 36.9 Å². The fraction of sp³-hybridized carbons (Fsp3) is 0.471. The van der Waals surface area contributed by atoms with Gasteiger partial charge in [-0.1, -0.05) is 13.8 Å². The van der Waals surface area contributed by atoms with Crippen LogP contribution in [0.3, 0.4) is 0 Å². The van der Waals surface area contributed by atoms with Crippen LogP contribution in [-0.4, -0.2) is 57.3 Å². The van der Waals surface area contributed by atoms with E-state index in [1.807, 2.05) is 13.8 Å². The normalized spacial score (nSPS) is 20.2. The van der Waals surface area contributed by atoms with Crippen LogP contribution < -0.4 is 5.32 Å². The quantitative estimate of drug-likeness (QED) is 0.751. The maximum atomic E-state index is 12.5. The van der Waals surface area contributed by atoms with E-state index in [2.05, 4.69) is 15.5 Å². The molecule has 0 spiro atoms. The number of aromatic amines is 1. The van der Waals surface area contributed by atoms with E-state index in [1.165, 1.54) is 18.7 Å². The van der Waals surface area contributed by atoms with Crippen molar-refractivity contribution < 1.29 is 19.1 Å². The van der Waals surface area contributed by atoms with Gasteiger partial charge in [-0.05, 0) is 18.4 Å². The molecule has 3 heterocycles. The molecule has 3 N–H and O–H groups in total. The van der Waals surface area contributed by atoms with Crippen molar-refractivity contribution in [1.29, 1.82) is 0 Å². The minimum absolute atomic E-state index is 0.173. The van der Waals surface area contributed by atoms with Gasteiger partial charge in [0.1, 0.15) is 0 Å². The number of amides is 2. The first-order valence-electron chi connectivity index (χ1n) is 8.30. The van der Waals surface area contributed by atoms with Crippen molar-refractivity contribution in [3.05, 3.63) is 41.6 Å². The second-order valence-corrected chi connectivity index (χ2v) is 6.56. The number of nitrogens with one attached hydrogen (secondary N) is 2. The minimum atomic E-state index is -0.604. The van der Waals surface area contributed by atoms with Crippen molar-refractivity contribution in [2.45, 2.75) is 38.3 Å². The zero-order chi connectivity index (χ0) is 18.0. The van der Waals surface area contributed by atoms with E-state index in [1.54, 1.807) is 11.0 Å². The second-order valence-electron chi connectivity index (χ2n) is 6.56. The molecule has 0 aliphatic carbocycles. The first-order chi connectivity index (χ1) is 12.0. The average Bonchev–Trinajstić information content (AvgIpc) is 3.31. The van der Waals surface area contributed by atoms with Crippen LogP contribution in [0.4, 0.5) is 0 Å². The second kappa shape index (κ2) is 7.10. The summed E-state index contributed by atoms with van der Waals surface area (Å²) >= 11 is 0. The fourth-order valence-corrected chi connectivity index (χ4v) is 3.12. The summed E-state index contributed by atoms with van der Waals surface area (Å²) in [5, 5.41) is 19.1. The number of hydrogen-bond donors (Lipinski definition) is 3. The first-order valence-corrected chi connectivity index (χ1v) is 8.30. The first kappa shape index (κ1) is 17.2. The Morgan fingerprint density at radius 3 is 3.00 bits per heavy atom. The number of aliphatic hydroxyl groups excluding tert-OH is 1. The molecule has 8 nitrogen and oxygen atoms in total. The van der Waals surface area contributed by atoms with E-state index >= 15 is 0 Å². The summed E-state index contributed by atoms with van der Waals surface area (Å²) in [6.07, 6.45) is 4.27. The van der Waals surface area contributed by atoms with Crippen LogP contribution in [0.1, 0.15) is 52.7 Å². The number of carbonyl (C=O) groups is 2. The van der Waals surface area contributed by atoms with Gasteiger partial charge in [-0.2, -0.15) is 5.10 Å². The number of rotatable bonds is 5. The summed E-state index contributed by atoms with van der Waals surface area (Å²) in [4.78, 5) is 26.5. The molecule has 2 aromatic heterocycles. The highest BCUT2D eigenvalue weighted by atomic mass is 16.3. The molecule has 0 aromatic carbocycles. The molecular weight excluding hydrogens is 324 g/mol. The maximum Gasteiger partial charge on any atom is 0.287 e. The Morgan fingerprint density at radius 2 is 2.32 bits per heavy atom. The highest BCUT2D eigenvalue weighted by Gasteiger charge is 2.35. The molecule has 0 bridgehead atoms. The molecular formula is C17H22N4O4. The van der Waals surface area contributed by atoms with Crippen molar-refractivity contribution in [1.82, 2.24) is 20.4 Å². The summed E-state index contributed by atoms with van der Waals surface area (Å²) in [7, 11) is 0. The number of likely N-dealkylation sites (tertiary alicyclic amines) is 1. The van der Waals surface area contributed by atoms with Crippen molar-refractivity contribution in [2.24, 2.45) is 0 Å². The van der Waals surface area contributed by atoms with Crippen LogP contribution in [0.2, 0.25) is 0 Å². The lowest BCUT2D eigenvalue weighted by molar-refractivity contribution is 0.0706. The van der Waals surface area contributed by atoms with Gasteiger partial charge in [0.15, 0.2) is 5.76 Å². The van der Waals surface area contributed by atoms with Gasteiger partial charge in [-0.3, -0.25) is 14.7 Å². The smallest absolute Gasteiger partial charge is 0.287 e. The summed E-state index contributed by atoms with van der Waals surface area (Å²) in [6, 6.07) is 1.51. The molecule has 0 radical (unpaired) electrons. The van der Waals surface area contributed by atoms with Crippen LogP contribution in [-0.2, 0) is 0 Å². The van der Waals surface area contributed by atoms with Crippen LogP contribution in [0.5, 0.6) is 0 Å². The van der Waals surface area contributed by atoms with Crippen molar-refractivity contribution in [3.63, 3.8) is 0 Å². The highest BCUT2D eigenvalue weighted by Crippen LogP contribution is 2.22. The molecule has 0 saturated carbocycles. The lowest BCUT2D eigenvalue weighted by Gasteiger charge is -2.24. The summed E-state index contributed by atoms with van der Waals surface area (Å²) in [6.45, 7) is 4.46. The largest absolute Gasteiger partial charge is 0.459 e. The fourth-order valence-electron chi connectivity index (χ4n) is 3.12. The van der Waals surface area contributed by atoms with E-state index in [0.717, 1.165) is 5.56 Å². The van der Waals surface area contributed by atoms with Crippen LogP contribution in [0.15, 0.2) is 29.1 Å². The number of aromatic nitrogens is 2. The number of carbonyl (C=O) groups excluding carboxylic acids is 2. The van der Waals surface area contributed by atoms with Gasteiger partial charge in [0.25, 0.3) is 11.8 Å². The average molecular weight is 346 g/mol. The topological polar surface area (TPSA) is 111 Å². The number of furan rings is 1. The van der Waals surface area contributed by atoms with Gasteiger partial charge in [-0.15, -0.1) is 0 Å². The molecule has 134 valence electrons. The van der Waals surface area contributed by atoms with Gasteiger partial charge >= 0.3 is 0 Å². The molecule has 1 fully saturated rings. The summed E-state index contributed by atoms with van der Waals surface area (Å²) in [5.41, 5.74) is 1.27. The van der Waals surface area contributed by atoms with Gasteiger partial charge in [0, 0.05) is 24.8 Å². The molecule has 8 heteroatoms. The van der Waals surface area contributed by atoms with E-state index < -0.39 is 6.10 Å². The Kier molecular flexibility index (Phi) is 4.89. The third-order valence-electron chi connectivity index (χ3n) is 4.42. The van der Waals surface area contributed by atoms with E-state index in [4.69, 9.17) is 4.42 Å². The number of aliphatic hydroxyl groups is 1. The van der Waals surface area contributed by atoms with E-state index in [9.17, 15) is 14.7 Å². The molecule has 2 amide bonds. The summed E-state index contributed by atoms with van der Waals surface area (Å²) < 4.78 is 5.30. The van der Waals surface area contributed by atoms with Gasteiger partial charge in [0.2, 0.25) is 0 Å². The van der Waals surface area contributed by atoms with Gasteiger partial charge in [-0.25, -0.2) is 0 Å². The molecule has 2 atom stereocenters. The number of β-amino-alcohol motifs (C(OH)–C–C–N with tert-alkyl or cyclic N) is 1.